The Morgan fingerprint density at radius 1 is 1.32 bits per heavy atom. The zero-order valence-electron chi connectivity index (χ0n) is 15.7. The van der Waals surface area contributed by atoms with E-state index < -0.39 is 0 Å². The Balaban J connectivity index is 1.73. The SMILES string of the molecule is CCOC(C)(C)[C@]1(CCc2cccs2)CCN(Cc2cccnc2)C1. The maximum Gasteiger partial charge on any atom is 0.0695 e. The quantitative estimate of drug-likeness (QED) is 0.679. The van der Waals surface area contributed by atoms with E-state index >= 15 is 0 Å². The maximum atomic E-state index is 6.25. The van der Waals surface area contributed by atoms with Crippen molar-refractivity contribution in [1.29, 1.82) is 0 Å². The van der Waals surface area contributed by atoms with E-state index in [0.29, 0.717) is 0 Å². The molecule has 3 rings (SSSR count). The minimum atomic E-state index is -0.108. The van der Waals surface area contributed by atoms with Crippen molar-refractivity contribution >= 4 is 11.3 Å². The van der Waals surface area contributed by atoms with Gasteiger partial charge in [-0.3, -0.25) is 9.88 Å². The van der Waals surface area contributed by atoms with E-state index in [9.17, 15) is 0 Å². The molecule has 0 bridgehead atoms. The molecular weight excluding hydrogens is 328 g/mol. The summed E-state index contributed by atoms with van der Waals surface area (Å²) in [5.74, 6) is 0. The van der Waals surface area contributed by atoms with E-state index in [1.165, 1.54) is 23.3 Å². The van der Waals surface area contributed by atoms with Crippen LogP contribution in [0, 0.1) is 5.41 Å². The summed E-state index contributed by atoms with van der Waals surface area (Å²) < 4.78 is 6.25. The first-order valence-electron chi connectivity index (χ1n) is 9.32. The first-order chi connectivity index (χ1) is 12.0. The summed E-state index contributed by atoms with van der Waals surface area (Å²) in [7, 11) is 0. The number of likely N-dealkylation sites (tertiary alicyclic amines) is 1. The van der Waals surface area contributed by atoms with Crippen LogP contribution in [-0.4, -0.2) is 35.2 Å². The molecule has 2 aromatic rings. The molecule has 2 aromatic heterocycles. The van der Waals surface area contributed by atoms with Gasteiger partial charge in [-0.25, -0.2) is 0 Å². The van der Waals surface area contributed by atoms with Gasteiger partial charge in [-0.2, -0.15) is 0 Å². The fourth-order valence-electron chi connectivity index (χ4n) is 4.17. The summed E-state index contributed by atoms with van der Waals surface area (Å²) >= 11 is 1.87. The molecule has 136 valence electrons. The smallest absolute Gasteiger partial charge is 0.0695 e. The van der Waals surface area contributed by atoms with Gasteiger partial charge >= 0.3 is 0 Å². The lowest BCUT2D eigenvalue weighted by molar-refractivity contribution is -0.107. The summed E-state index contributed by atoms with van der Waals surface area (Å²) in [5.41, 5.74) is 1.39. The van der Waals surface area contributed by atoms with Crippen LogP contribution in [-0.2, 0) is 17.7 Å². The maximum absolute atomic E-state index is 6.25. The number of aromatic nitrogens is 1. The van der Waals surface area contributed by atoms with E-state index in [1.807, 2.05) is 29.8 Å². The third kappa shape index (κ3) is 4.30. The highest BCUT2D eigenvalue weighted by Gasteiger charge is 2.49. The van der Waals surface area contributed by atoms with Gasteiger partial charge < -0.3 is 4.74 Å². The largest absolute Gasteiger partial charge is 0.375 e. The molecule has 0 radical (unpaired) electrons. The molecule has 0 N–H and O–H groups in total. The molecule has 0 saturated carbocycles. The van der Waals surface area contributed by atoms with Gasteiger partial charge in [0.2, 0.25) is 0 Å². The first-order valence-corrected chi connectivity index (χ1v) is 10.2. The third-order valence-corrected chi connectivity index (χ3v) is 6.71. The van der Waals surface area contributed by atoms with Gasteiger partial charge in [0.05, 0.1) is 5.60 Å². The summed E-state index contributed by atoms with van der Waals surface area (Å²) in [6.07, 6.45) is 7.36. The van der Waals surface area contributed by atoms with Gasteiger partial charge in [-0.05, 0) is 69.7 Å². The number of rotatable bonds is 8. The second-order valence-electron chi connectivity index (χ2n) is 7.62. The van der Waals surface area contributed by atoms with Crippen LogP contribution in [0.1, 0.15) is 44.1 Å². The Morgan fingerprint density at radius 3 is 2.88 bits per heavy atom. The van der Waals surface area contributed by atoms with E-state index in [4.69, 9.17) is 4.74 Å². The van der Waals surface area contributed by atoms with Crippen molar-refractivity contribution < 1.29 is 4.74 Å². The average molecular weight is 359 g/mol. The number of hydrogen-bond donors (Lipinski definition) is 0. The van der Waals surface area contributed by atoms with Crippen LogP contribution in [0.3, 0.4) is 0 Å². The summed E-state index contributed by atoms with van der Waals surface area (Å²) in [6, 6.07) is 8.62. The molecule has 1 fully saturated rings. The Bertz CT molecular complexity index is 641. The Kier molecular flexibility index (Phi) is 5.92. The molecule has 0 aromatic carbocycles. The van der Waals surface area contributed by atoms with Crippen molar-refractivity contribution in [2.24, 2.45) is 5.41 Å². The highest BCUT2D eigenvalue weighted by Crippen LogP contribution is 2.46. The average Bonchev–Trinajstić information content (AvgIpc) is 3.24. The monoisotopic (exact) mass is 358 g/mol. The molecule has 0 amide bonds. The van der Waals surface area contributed by atoms with E-state index in [-0.39, 0.29) is 11.0 Å². The minimum Gasteiger partial charge on any atom is -0.375 e. The van der Waals surface area contributed by atoms with Crippen molar-refractivity contribution in [3.05, 3.63) is 52.5 Å². The molecule has 1 atom stereocenters. The normalized spacial score (nSPS) is 21.7. The van der Waals surface area contributed by atoms with Gasteiger partial charge in [0.1, 0.15) is 0 Å². The lowest BCUT2D eigenvalue weighted by Gasteiger charge is -2.44. The van der Waals surface area contributed by atoms with E-state index in [1.54, 1.807) is 0 Å². The fraction of sp³-hybridized carbons (Fsp3) is 0.571. The second-order valence-corrected chi connectivity index (χ2v) is 8.66. The zero-order valence-corrected chi connectivity index (χ0v) is 16.5. The summed E-state index contributed by atoms with van der Waals surface area (Å²) in [4.78, 5) is 8.32. The number of nitrogens with zero attached hydrogens (tertiary/aromatic N) is 2. The van der Waals surface area contributed by atoms with Gasteiger partial charge in [0.25, 0.3) is 0 Å². The first kappa shape index (κ1) is 18.6. The number of aryl methyl sites for hydroxylation is 1. The molecule has 0 unspecified atom stereocenters. The highest BCUT2D eigenvalue weighted by molar-refractivity contribution is 7.09. The predicted octanol–water partition coefficient (Wildman–Crippen LogP) is 4.78. The Morgan fingerprint density at radius 2 is 2.20 bits per heavy atom. The number of thiophene rings is 1. The van der Waals surface area contributed by atoms with Crippen LogP contribution in [0.15, 0.2) is 42.0 Å². The predicted molar refractivity (Wildman–Crippen MR) is 105 cm³/mol. The molecule has 0 spiro atoms. The highest BCUT2D eigenvalue weighted by atomic mass is 32.1. The summed E-state index contributed by atoms with van der Waals surface area (Å²) in [5, 5.41) is 2.18. The van der Waals surface area contributed by atoms with Gasteiger partial charge in [-0.15, -0.1) is 11.3 Å². The molecule has 3 heterocycles. The molecule has 1 aliphatic heterocycles. The second kappa shape index (κ2) is 7.98. The molecule has 3 nitrogen and oxygen atoms in total. The van der Waals surface area contributed by atoms with Crippen LogP contribution < -0.4 is 0 Å². The number of pyridine rings is 1. The number of ether oxygens (including phenoxy) is 1. The van der Waals surface area contributed by atoms with Crippen molar-refractivity contribution in [1.82, 2.24) is 9.88 Å². The Hall–Kier alpha value is -1.23. The Labute approximate surface area is 156 Å². The molecule has 1 saturated heterocycles. The molecule has 25 heavy (non-hydrogen) atoms. The molecular formula is C21H30N2OS. The van der Waals surface area contributed by atoms with Crippen molar-refractivity contribution in [2.75, 3.05) is 19.7 Å². The van der Waals surface area contributed by atoms with E-state index in [2.05, 4.69) is 54.2 Å². The molecule has 4 heteroatoms. The van der Waals surface area contributed by atoms with Crippen LogP contribution in [0.4, 0.5) is 0 Å². The van der Waals surface area contributed by atoms with E-state index in [0.717, 1.165) is 32.7 Å². The fourth-order valence-corrected chi connectivity index (χ4v) is 4.88. The van der Waals surface area contributed by atoms with Gasteiger partial charge in [0, 0.05) is 42.4 Å². The minimum absolute atomic E-state index is 0.108. The van der Waals surface area contributed by atoms with Gasteiger partial charge in [-0.1, -0.05) is 12.1 Å². The summed E-state index contributed by atoms with van der Waals surface area (Å²) in [6.45, 7) is 10.7. The van der Waals surface area contributed by atoms with Crippen LogP contribution >= 0.6 is 11.3 Å². The van der Waals surface area contributed by atoms with Crippen LogP contribution in [0.2, 0.25) is 0 Å². The van der Waals surface area contributed by atoms with Crippen LogP contribution in [0.5, 0.6) is 0 Å². The zero-order chi connectivity index (χ0) is 17.8. The van der Waals surface area contributed by atoms with Gasteiger partial charge in [0.15, 0.2) is 0 Å². The topological polar surface area (TPSA) is 25.4 Å². The van der Waals surface area contributed by atoms with Crippen LogP contribution in [0.25, 0.3) is 0 Å². The number of hydrogen-bond acceptors (Lipinski definition) is 4. The van der Waals surface area contributed by atoms with Crippen molar-refractivity contribution in [2.45, 2.75) is 52.2 Å². The third-order valence-electron chi connectivity index (χ3n) is 5.77. The molecule has 1 aliphatic rings. The van der Waals surface area contributed by atoms with Crippen molar-refractivity contribution in [3.8, 4) is 0 Å². The lowest BCUT2D eigenvalue weighted by Crippen LogP contribution is -2.48. The standard InChI is InChI=1S/C21H30N2OS/c1-4-24-20(2,3)21(10-9-19-8-6-14-25-19)11-13-23(17-21)16-18-7-5-12-22-15-18/h5-8,12,14-15H,4,9-11,13,16-17H2,1-3H3/t21-/m1/s1. The molecule has 0 aliphatic carbocycles. The van der Waals surface area contributed by atoms with Crippen molar-refractivity contribution in [3.63, 3.8) is 0 Å². The lowest BCUT2D eigenvalue weighted by atomic mass is 9.69.